The van der Waals surface area contributed by atoms with Crippen molar-refractivity contribution in [2.45, 2.75) is 57.0 Å². The van der Waals surface area contributed by atoms with Gasteiger partial charge in [-0.1, -0.05) is 12.1 Å². The zero-order valence-corrected chi connectivity index (χ0v) is 19.6. The molecule has 3 heterocycles. The Morgan fingerprint density at radius 2 is 1.65 bits per heavy atom. The van der Waals surface area contributed by atoms with Gasteiger partial charge in [-0.25, -0.2) is 0 Å². The van der Waals surface area contributed by atoms with E-state index in [0.29, 0.717) is 0 Å². The molecule has 0 amide bonds. The van der Waals surface area contributed by atoms with Crippen molar-refractivity contribution in [3.63, 3.8) is 0 Å². The third-order valence-electron chi connectivity index (χ3n) is 7.43. The summed E-state index contributed by atoms with van der Waals surface area (Å²) >= 11 is 0. The third-order valence-corrected chi connectivity index (χ3v) is 7.43. The molecule has 1 aromatic rings. The molecule has 1 N–H and O–H groups in total. The van der Waals surface area contributed by atoms with Gasteiger partial charge in [0, 0.05) is 64.7 Å². The summed E-state index contributed by atoms with van der Waals surface area (Å²) in [5.74, 6) is 0.977. The molecule has 0 aliphatic carbocycles. The Balaban J connectivity index is 1.34. The number of piperidine rings is 1. The highest BCUT2D eigenvalue weighted by Gasteiger charge is 2.39. The predicted octanol–water partition coefficient (Wildman–Crippen LogP) is 3.33. The first-order chi connectivity index (χ1) is 15.2. The molecule has 1 aromatic carbocycles. The van der Waals surface area contributed by atoms with E-state index < -0.39 is 0 Å². The van der Waals surface area contributed by atoms with Gasteiger partial charge in [-0.15, -0.1) is 0 Å². The van der Waals surface area contributed by atoms with Crippen molar-refractivity contribution in [1.29, 1.82) is 0 Å². The van der Waals surface area contributed by atoms with E-state index in [1.165, 1.54) is 69.5 Å². The number of hydrogen-bond acceptors (Lipinski definition) is 4. The number of guanidine groups is 1. The van der Waals surface area contributed by atoms with Crippen LogP contribution < -0.4 is 10.2 Å². The molecule has 172 valence electrons. The zero-order chi connectivity index (χ0) is 21.5. The number of likely N-dealkylation sites (tertiary alicyclic amines) is 1. The fourth-order valence-electron chi connectivity index (χ4n) is 5.49. The SMILES string of the molecule is CN=C(NCC1(N2CCCC2)CCOCC1)N(C)Cc1ccc(N2CCCCC2)cc1. The van der Waals surface area contributed by atoms with Crippen molar-refractivity contribution in [3.8, 4) is 0 Å². The molecule has 3 fully saturated rings. The average molecular weight is 428 g/mol. The summed E-state index contributed by atoms with van der Waals surface area (Å²) in [5.41, 5.74) is 2.90. The fourth-order valence-corrected chi connectivity index (χ4v) is 5.49. The quantitative estimate of drug-likeness (QED) is 0.557. The molecule has 0 spiro atoms. The van der Waals surface area contributed by atoms with Crippen LogP contribution in [-0.4, -0.2) is 81.3 Å². The highest BCUT2D eigenvalue weighted by molar-refractivity contribution is 5.79. The summed E-state index contributed by atoms with van der Waals surface area (Å²) < 4.78 is 5.70. The minimum atomic E-state index is 0.210. The monoisotopic (exact) mass is 427 g/mol. The van der Waals surface area contributed by atoms with Gasteiger partial charge in [0.05, 0.1) is 0 Å². The molecule has 0 saturated carbocycles. The lowest BCUT2D eigenvalue weighted by atomic mass is 9.88. The summed E-state index contributed by atoms with van der Waals surface area (Å²) in [6.07, 6.45) is 8.87. The normalized spacial score (nSPS) is 22.5. The third kappa shape index (κ3) is 5.53. The topological polar surface area (TPSA) is 43.3 Å². The van der Waals surface area contributed by atoms with Gasteiger partial charge in [-0.2, -0.15) is 0 Å². The summed E-state index contributed by atoms with van der Waals surface area (Å²) in [7, 11) is 4.03. The second kappa shape index (κ2) is 10.7. The Hall–Kier alpha value is -1.79. The lowest BCUT2D eigenvalue weighted by Crippen LogP contribution is -2.58. The van der Waals surface area contributed by atoms with Crippen molar-refractivity contribution < 1.29 is 4.74 Å². The summed E-state index contributed by atoms with van der Waals surface area (Å²) in [6.45, 7) is 8.38. The number of anilines is 1. The van der Waals surface area contributed by atoms with Crippen LogP contribution in [-0.2, 0) is 11.3 Å². The molecule has 31 heavy (non-hydrogen) atoms. The maximum atomic E-state index is 5.70. The van der Waals surface area contributed by atoms with E-state index in [4.69, 9.17) is 4.74 Å². The van der Waals surface area contributed by atoms with E-state index in [0.717, 1.165) is 45.1 Å². The highest BCUT2D eigenvalue weighted by atomic mass is 16.5. The fraction of sp³-hybridized carbons (Fsp3) is 0.720. The number of rotatable bonds is 6. The van der Waals surface area contributed by atoms with E-state index in [-0.39, 0.29) is 5.54 Å². The van der Waals surface area contributed by atoms with Gasteiger partial charge < -0.3 is 19.9 Å². The lowest BCUT2D eigenvalue weighted by Gasteiger charge is -2.45. The van der Waals surface area contributed by atoms with Crippen molar-refractivity contribution in [1.82, 2.24) is 15.1 Å². The van der Waals surface area contributed by atoms with Crippen molar-refractivity contribution in [2.75, 3.05) is 64.9 Å². The number of nitrogens with zero attached hydrogens (tertiary/aromatic N) is 4. The molecule has 3 aliphatic rings. The standard InChI is InChI=1S/C25H41N5O/c1-26-24(27-21-25(12-18-31-19-13-25)30-16-6-7-17-30)28(2)20-22-8-10-23(11-9-22)29-14-4-3-5-15-29/h8-11H,3-7,12-21H2,1-2H3,(H,26,27). The number of aliphatic imine (C=N–C) groups is 1. The zero-order valence-electron chi connectivity index (χ0n) is 19.6. The highest BCUT2D eigenvalue weighted by Crippen LogP contribution is 2.31. The van der Waals surface area contributed by atoms with E-state index in [1.54, 1.807) is 0 Å². The van der Waals surface area contributed by atoms with Gasteiger partial charge in [0.2, 0.25) is 0 Å². The van der Waals surface area contributed by atoms with Crippen LogP contribution in [0, 0.1) is 0 Å². The molecule has 4 rings (SSSR count). The Kier molecular flexibility index (Phi) is 7.72. The summed E-state index contributed by atoms with van der Waals surface area (Å²) in [6, 6.07) is 9.12. The van der Waals surface area contributed by atoms with Crippen LogP contribution in [0.2, 0.25) is 0 Å². The molecule has 6 nitrogen and oxygen atoms in total. The number of ether oxygens (including phenoxy) is 1. The van der Waals surface area contributed by atoms with E-state index >= 15 is 0 Å². The van der Waals surface area contributed by atoms with E-state index in [1.807, 2.05) is 7.05 Å². The number of nitrogens with one attached hydrogen (secondary N) is 1. The molecule has 6 heteroatoms. The lowest BCUT2D eigenvalue weighted by molar-refractivity contribution is -0.0166. The van der Waals surface area contributed by atoms with Crippen molar-refractivity contribution in [2.24, 2.45) is 4.99 Å². The molecular formula is C25H41N5O. The van der Waals surface area contributed by atoms with Crippen LogP contribution in [0.25, 0.3) is 0 Å². The van der Waals surface area contributed by atoms with Gasteiger partial charge in [0.15, 0.2) is 5.96 Å². The van der Waals surface area contributed by atoms with Gasteiger partial charge in [0.1, 0.15) is 0 Å². The van der Waals surface area contributed by atoms with Crippen molar-refractivity contribution in [3.05, 3.63) is 29.8 Å². The van der Waals surface area contributed by atoms with E-state index in [2.05, 4.69) is 56.3 Å². The van der Waals surface area contributed by atoms with Crippen LogP contribution in [0.15, 0.2) is 29.3 Å². The van der Waals surface area contributed by atoms with E-state index in [9.17, 15) is 0 Å². The molecule has 3 aliphatic heterocycles. The smallest absolute Gasteiger partial charge is 0.193 e. The van der Waals surface area contributed by atoms with Crippen LogP contribution in [0.1, 0.15) is 50.5 Å². The maximum Gasteiger partial charge on any atom is 0.193 e. The second-order valence-corrected chi connectivity index (χ2v) is 9.50. The maximum absolute atomic E-state index is 5.70. The first-order valence-electron chi connectivity index (χ1n) is 12.3. The number of benzene rings is 1. The van der Waals surface area contributed by atoms with Crippen molar-refractivity contribution >= 4 is 11.6 Å². The largest absolute Gasteiger partial charge is 0.381 e. The summed E-state index contributed by atoms with van der Waals surface area (Å²) in [4.78, 5) is 12.1. The van der Waals surface area contributed by atoms with Gasteiger partial charge in [-0.05, 0) is 75.7 Å². The molecule has 0 aromatic heterocycles. The van der Waals surface area contributed by atoms with Crippen LogP contribution in [0.5, 0.6) is 0 Å². The Labute approximate surface area is 188 Å². The molecule has 0 radical (unpaired) electrons. The first-order valence-corrected chi connectivity index (χ1v) is 12.3. The van der Waals surface area contributed by atoms with Crippen LogP contribution in [0.3, 0.4) is 0 Å². The Morgan fingerprint density at radius 3 is 2.29 bits per heavy atom. The Bertz CT molecular complexity index is 701. The van der Waals surface area contributed by atoms with Gasteiger partial charge in [-0.3, -0.25) is 9.89 Å². The first kappa shape index (κ1) is 22.4. The molecule has 0 bridgehead atoms. The van der Waals surface area contributed by atoms with Crippen LogP contribution in [0.4, 0.5) is 5.69 Å². The molecule has 3 saturated heterocycles. The Morgan fingerprint density at radius 1 is 1.00 bits per heavy atom. The number of hydrogen-bond donors (Lipinski definition) is 1. The minimum absolute atomic E-state index is 0.210. The van der Waals surface area contributed by atoms with Gasteiger partial charge in [0.25, 0.3) is 0 Å². The molecular weight excluding hydrogens is 386 g/mol. The second-order valence-electron chi connectivity index (χ2n) is 9.50. The summed E-state index contributed by atoms with van der Waals surface area (Å²) in [5, 5.41) is 3.71. The predicted molar refractivity (Wildman–Crippen MR) is 129 cm³/mol. The minimum Gasteiger partial charge on any atom is -0.381 e. The average Bonchev–Trinajstić information content (AvgIpc) is 3.37. The van der Waals surface area contributed by atoms with Gasteiger partial charge >= 0.3 is 0 Å². The molecule has 0 unspecified atom stereocenters. The van der Waals surface area contributed by atoms with Crippen LogP contribution >= 0.6 is 0 Å². The molecule has 0 atom stereocenters.